The molecule has 17 heavy (non-hydrogen) atoms. The molecule has 3 atom stereocenters. The van der Waals surface area contributed by atoms with Crippen LogP contribution in [0.25, 0.3) is 0 Å². The number of benzene rings is 1. The Kier molecular flexibility index (Phi) is 4.43. The number of hydrogen-bond acceptors (Lipinski definition) is 2. The Morgan fingerprint density at radius 1 is 1.47 bits per heavy atom. The van der Waals surface area contributed by atoms with Crippen molar-refractivity contribution in [3.8, 4) is 0 Å². The van der Waals surface area contributed by atoms with Crippen LogP contribution in [0.1, 0.15) is 38.3 Å². The fourth-order valence-corrected chi connectivity index (χ4v) is 2.57. The molecule has 0 radical (unpaired) electrons. The molecule has 1 heterocycles. The highest BCUT2D eigenvalue weighted by molar-refractivity contribution is 6.30. The molecule has 0 aliphatic carbocycles. The van der Waals surface area contributed by atoms with Crippen LogP contribution in [-0.4, -0.2) is 18.8 Å². The number of hydrogen-bond donors (Lipinski definition) is 1. The smallest absolute Gasteiger partial charge is 0.0561 e. The summed E-state index contributed by atoms with van der Waals surface area (Å²) >= 11 is 6.01. The third kappa shape index (κ3) is 3.70. The molecule has 1 aliphatic rings. The van der Waals surface area contributed by atoms with Crippen molar-refractivity contribution in [2.75, 3.05) is 6.61 Å². The minimum atomic E-state index is 0.337. The summed E-state index contributed by atoms with van der Waals surface area (Å²) in [6.07, 6.45) is 2.55. The monoisotopic (exact) mass is 253 g/mol. The normalized spacial score (nSPS) is 26.8. The maximum Gasteiger partial charge on any atom is 0.0561 e. The molecule has 1 aromatic carbocycles. The van der Waals surface area contributed by atoms with E-state index in [1.165, 1.54) is 5.56 Å². The quantitative estimate of drug-likeness (QED) is 0.890. The lowest BCUT2D eigenvalue weighted by Gasteiger charge is -2.30. The third-order valence-corrected chi connectivity index (χ3v) is 3.55. The lowest BCUT2D eigenvalue weighted by Crippen LogP contribution is -2.39. The van der Waals surface area contributed by atoms with E-state index < -0.39 is 0 Å². The van der Waals surface area contributed by atoms with Gasteiger partial charge >= 0.3 is 0 Å². The van der Waals surface area contributed by atoms with Crippen LogP contribution in [0.4, 0.5) is 0 Å². The van der Waals surface area contributed by atoms with Gasteiger partial charge < -0.3 is 10.1 Å². The topological polar surface area (TPSA) is 21.3 Å². The first-order chi connectivity index (χ1) is 8.15. The summed E-state index contributed by atoms with van der Waals surface area (Å²) in [4.78, 5) is 0. The van der Waals surface area contributed by atoms with Crippen molar-refractivity contribution >= 4 is 11.6 Å². The van der Waals surface area contributed by atoms with Crippen molar-refractivity contribution in [2.24, 2.45) is 0 Å². The first-order valence-corrected chi connectivity index (χ1v) is 6.66. The Bertz CT molecular complexity index is 369. The van der Waals surface area contributed by atoms with Crippen LogP contribution >= 0.6 is 11.6 Å². The third-order valence-electron chi connectivity index (χ3n) is 3.32. The molecule has 0 bridgehead atoms. The van der Waals surface area contributed by atoms with E-state index in [0.29, 0.717) is 18.2 Å². The largest absolute Gasteiger partial charge is 0.378 e. The van der Waals surface area contributed by atoms with Crippen molar-refractivity contribution in [3.63, 3.8) is 0 Å². The van der Waals surface area contributed by atoms with Crippen molar-refractivity contribution in [1.82, 2.24) is 5.32 Å². The molecule has 1 aliphatic heterocycles. The van der Waals surface area contributed by atoms with Gasteiger partial charge in [-0.25, -0.2) is 0 Å². The van der Waals surface area contributed by atoms with Gasteiger partial charge in [-0.3, -0.25) is 0 Å². The first-order valence-electron chi connectivity index (χ1n) is 6.28. The van der Waals surface area contributed by atoms with E-state index in [-0.39, 0.29) is 0 Å². The van der Waals surface area contributed by atoms with Crippen LogP contribution in [-0.2, 0) is 4.74 Å². The Labute approximate surface area is 108 Å². The average Bonchev–Trinajstić information content (AvgIpc) is 2.29. The van der Waals surface area contributed by atoms with Gasteiger partial charge in [0.05, 0.1) is 6.10 Å². The summed E-state index contributed by atoms with van der Waals surface area (Å²) in [5, 5.41) is 4.46. The highest BCUT2D eigenvalue weighted by atomic mass is 35.5. The van der Waals surface area contributed by atoms with Crippen LogP contribution in [0, 0.1) is 0 Å². The van der Waals surface area contributed by atoms with Gasteiger partial charge in [0.2, 0.25) is 0 Å². The molecule has 1 aromatic rings. The zero-order valence-electron chi connectivity index (χ0n) is 10.4. The molecule has 2 rings (SSSR count). The summed E-state index contributed by atoms with van der Waals surface area (Å²) in [5.41, 5.74) is 1.25. The zero-order valence-corrected chi connectivity index (χ0v) is 11.2. The van der Waals surface area contributed by atoms with Crippen LogP contribution in [0.2, 0.25) is 5.02 Å². The van der Waals surface area contributed by atoms with E-state index in [4.69, 9.17) is 16.3 Å². The molecular weight excluding hydrogens is 234 g/mol. The Morgan fingerprint density at radius 2 is 2.29 bits per heavy atom. The van der Waals surface area contributed by atoms with E-state index in [9.17, 15) is 0 Å². The van der Waals surface area contributed by atoms with Crippen LogP contribution < -0.4 is 5.32 Å². The lowest BCUT2D eigenvalue weighted by atomic mass is 10.0. The van der Waals surface area contributed by atoms with E-state index in [2.05, 4.69) is 25.2 Å². The van der Waals surface area contributed by atoms with Gasteiger partial charge in [-0.1, -0.05) is 23.7 Å². The minimum Gasteiger partial charge on any atom is -0.378 e. The Hall–Kier alpha value is -0.570. The zero-order chi connectivity index (χ0) is 12.3. The average molecular weight is 254 g/mol. The van der Waals surface area contributed by atoms with Crippen LogP contribution in [0.5, 0.6) is 0 Å². The first kappa shape index (κ1) is 12.9. The summed E-state index contributed by atoms with van der Waals surface area (Å²) in [7, 11) is 0. The van der Waals surface area contributed by atoms with Crippen molar-refractivity contribution < 1.29 is 4.74 Å². The molecule has 1 N–H and O–H groups in total. The molecule has 0 saturated carbocycles. The van der Waals surface area contributed by atoms with Gasteiger partial charge in [0.1, 0.15) is 0 Å². The van der Waals surface area contributed by atoms with Gasteiger partial charge in [-0.2, -0.15) is 0 Å². The molecule has 94 valence electrons. The second-order valence-electron chi connectivity index (χ2n) is 4.85. The van der Waals surface area contributed by atoms with Crippen LogP contribution in [0.3, 0.4) is 0 Å². The van der Waals surface area contributed by atoms with Gasteiger partial charge in [-0.15, -0.1) is 0 Å². The molecule has 0 spiro atoms. The second-order valence-corrected chi connectivity index (χ2v) is 5.28. The number of rotatable bonds is 3. The predicted octanol–water partition coefficient (Wildman–Crippen LogP) is 3.56. The highest BCUT2D eigenvalue weighted by Crippen LogP contribution is 2.21. The van der Waals surface area contributed by atoms with Gasteiger partial charge in [0.15, 0.2) is 0 Å². The maximum atomic E-state index is 6.01. The van der Waals surface area contributed by atoms with E-state index in [0.717, 1.165) is 24.5 Å². The van der Waals surface area contributed by atoms with Crippen molar-refractivity contribution in [1.29, 1.82) is 0 Å². The maximum absolute atomic E-state index is 6.01. The van der Waals surface area contributed by atoms with Crippen molar-refractivity contribution in [3.05, 3.63) is 34.9 Å². The standard InChI is InChI=1S/C14H20ClNO/c1-10-8-14(6-7-17-10)16-11(2)12-4-3-5-13(15)9-12/h3-5,9-11,14,16H,6-8H2,1-2H3/t10?,11-,14?/m1/s1. The molecule has 2 nitrogen and oxygen atoms in total. The molecule has 1 fully saturated rings. The molecule has 1 saturated heterocycles. The fourth-order valence-electron chi connectivity index (χ4n) is 2.38. The summed E-state index contributed by atoms with van der Waals surface area (Å²) in [6.45, 7) is 5.19. The number of ether oxygens (including phenoxy) is 1. The van der Waals surface area contributed by atoms with Crippen LogP contribution in [0.15, 0.2) is 24.3 Å². The summed E-state index contributed by atoms with van der Waals surface area (Å²) in [5.74, 6) is 0. The second kappa shape index (κ2) is 5.85. The van der Waals surface area contributed by atoms with Gasteiger partial charge in [-0.05, 0) is 44.4 Å². The fraction of sp³-hybridized carbons (Fsp3) is 0.571. The summed E-state index contributed by atoms with van der Waals surface area (Å²) in [6, 6.07) is 8.95. The molecular formula is C14H20ClNO. The van der Waals surface area contributed by atoms with E-state index >= 15 is 0 Å². The van der Waals surface area contributed by atoms with Crippen molar-refractivity contribution in [2.45, 2.75) is 44.9 Å². The van der Waals surface area contributed by atoms with Gasteiger partial charge in [0, 0.05) is 23.7 Å². The highest BCUT2D eigenvalue weighted by Gasteiger charge is 2.20. The Balaban J connectivity index is 1.94. The molecule has 2 unspecified atom stereocenters. The molecule has 3 heteroatoms. The predicted molar refractivity (Wildman–Crippen MR) is 71.4 cm³/mol. The number of halogens is 1. The van der Waals surface area contributed by atoms with Gasteiger partial charge in [0.25, 0.3) is 0 Å². The SMILES string of the molecule is CC1CC(N[C@H](C)c2cccc(Cl)c2)CCO1. The summed E-state index contributed by atoms with van der Waals surface area (Å²) < 4.78 is 5.55. The molecule has 0 amide bonds. The van der Waals surface area contributed by atoms with E-state index in [1.54, 1.807) is 0 Å². The molecule has 0 aromatic heterocycles. The Morgan fingerprint density at radius 3 is 3.00 bits per heavy atom. The minimum absolute atomic E-state index is 0.337. The number of nitrogens with one attached hydrogen (secondary N) is 1. The van der Waals surface area contributed by atoms with E-state index in [1.807, 2.05) is 18.2 Å². The lowest BCUT2D eigenvalue weighted by molar-refractivity contribution is 0.0116.